The lowest BCUT2D eigenvalue weighted by Crippen LogP contribution is -2.54. The molecule has 206 valence electrons. The van der Waals surface area contributed by atoms with Crippen molar-refractivity contribution in [3.05, 3.63) is 86.4 Å². The number of barbiturate groups is 1. The lowest BCUT2D eigenvalue weighted by atomic mass is 10.1. The topological polar surface area (TPSA) is 114 Å². The van der Waals surface area contributed by atoms with Gasteiger partial charge in [0, 0.05) is 10.7 Å². The van der Waals surface area contributed by atoms with Gasteiger partial charge in [0.2, 0.25) is 0 Å². The summed E-state index contributed by atoms with van der Waals surface area (Å²) in [5.74, 6) is -1.45. The van der Waals surface area contributed by atoms with Crippen molar-refractivity contribution in [2.24, 2.45) is 0 Å². The monoisotopic (exact) mass is 625 g/mol. The van der Waals surface area contributed by atoms with E-state index in [-0.39, 0.29) is 41.9 Å². The number of anilines is 2. The van der Waals surface area contributed by atoms with E-state index in [0.717, 1.165) is 16.0 Å². The van der Waals surface area contributed by atoms with Gasteiger partial charge in [0.05, 0.1) is 16.8 Å². The van der Waals surface area contributed by atoms with Crippen molar-refractivity contribution >= 4 is 68.7 Å². The first-order valence-electron chi connectivity index (χ1n) is 12.2. The van der Waals surface area contributed by atoms with Crippen molar-refractivity contribution in [3.63, 3.8) is 0 Å². The van der Waals surface area contributed by atoms with Gasteiger partial charge in [-0.2, -0.15) is 0 Å². The van der Waals surface area contributed by atoms with Gasteiger partial charge in [0.25, 0.3) is 17.7 Å². The Bertz CT molecular complexity index is 1550. The van der Waals surface area contributed by atoms with E-state index < -0.39 is 17.8 Å². The lowest BCUT2D eigenvalue weighted by molar-refractivity contribution is -0.122. The molecule has 0 unspecified atom stereocenters. The van der Waals surface area contributed by atoms with E-state index in [1.54, 1.807) is 44.2 Å². The Labute approximate surface area is 244 Å². The Hall–Kier alpha value is -4.15. The van der Waals surface area contributed by atoms with Gasteiger partial charge in [-0.1, -0.05) is 35.9 Å². The zero-order valence-corrected chi connectivity index (χ0v) is 24.2. The van der Waals surface area contributed by atoms with Crippen molar-refractivity contribution in [2.75, 3.05) is 23.4 Å². The predicted octanol–water partition coefficient (Wildman–Crippen LogP) is 5.80. The molecule has 11 heteroatoms. The Morgan fingerprint density at radius 1 is 1.05 bits per heavy atom. The van der Waals surface area contributed by atoms with Crippen molar-refractivity contribution in [3.8, 4) is 11.5 Å². The number of nitrogens with one attached hydrogen (secondary N) is 2. The summed E-state index contributed by atoms with van der Waals surface area (Å²) in [6, 6.07) is 14.4. The van der Waals surface area contributed by atoms with E-state index in [1.807, 2.05) is 25.1 Å². The maximum absolute atomic E-state index is 13.3. The lowest BCUT2D eigenvalue weighted by Gasteiger charge is -2.26. The molecule has 1 aliphatic heterocycles. The molecule has 0 radical (unpaired) electrons. The zero-order valence-electron chi connectivity index (χ0n) is 21.8. The summed E-state index contributed by atoms with van der Waals surface area (Å²) >= 11 is 9.62. The summed E-state index contributed by atoms with van der Waals surface area (Å²) in [5, 5.41) is 5.36. The van der Waals surface area contributed by atoms with Crippen LogP contribution in [-0.2, 0) is 14.4 Å². The number of nitrogens with zero attached hydrogens (tertiary/aromatic N) is 1. The van der Waals surface area contributed by atoms with Crippen LogP contribution >= 0.6 is 27.5 Å². The summed E-state index contributed by atoms with van der Waals surface area (Å²) < 4.78 is 11.9. The van der Waals surface area contributed by atoms with Gasteiger partial charge in [-0.25, -0.2) is 9.69 Å². The Morgan fingerprint density at radius 3 is 2.50 bits per heavy atom. The molecule has 4 rings (SSSR count). The first-order chi connectivity index (χ1) is 19.1. The normalized spacial score (nSPS) is 14.3. The largest absolute Gasteiger partial charge is 0.490 e. The molecule has 40 heavy (non-hydrogen) atoms. The fourth-order valence-corrected chi connectivity index (χ4v) is 4.64. The molecule has 1 aliphatic rings. The first-order valence-corrected chi connectivity index (χ1v) is 13.4. The van der Waals surface area contributed by atoms with Crippen molar-refractivity contribution in [1.82, 2.24) is 5.32 Å². The first kappa shape index (κ1) is 28.8. The van der Waals surface area contributed by atoms with E-state index >= 15 is 0 Å². The second-order valence-electron chi connectivity index (χ2n) is 8.81. The van der Waals surface area contributed by atoms with Crippen molar-refractivity contribution < 1.29 is 28.7 Å². The number of hydrogen-bond acceptors (Lipinski definition) is 6. The van der Waals surface area contributed by atoms with Crippen LogP contribution in [0, 0.1) is 13.8 Å². The molecular formula is C29H25BrClN3O6. The number of carbonyl (C=O) groups is 4. The quantitative estimate of drug-likeness (QED) is 0.241. The average Bonchev–Trinajstić information content (AvgIpc) is 2.89. The Balaban J connectivity index is 1.59. The molecule has 9 nitrogen and oxygen atoms in total. The number of urea groups is 1. The highest BCUT2D eigenvalue weighted by Gasteiger charge is 2.37. The second kappa shape index (κ2) is 12.4. The molecule has 0 saturated carbocycles. The van der Waals surface area contributed by atoms with Gasteiger partial charge in [-0.3, -0.25) is 19.7 Å². The number of halogens is 2. The molecule has 0 bridgehead atoms. The number of amides is 5. The highest BCUT2D eigenvalue weighted by molar-refractivity contribution is 9.10. The minimum absolute atomic E-state index is 0.223. The van der Waals surface area contributed by atoms with Crippen LogP contribution in [-0.4, -0.2) is 37.0 Å². The van der Waals surface area contributed by atoms with Gasteiger partial charge < -0.3 is 14.8 Å². The summed E-state index contributed by atoms with van der Waals surface area (Å²) in [7, 11) is 0. The molecule has 1 fully saturated rings. The van der Waals surface area contributed by atoms with Crippen LogP contribution < -0.4 is 25.0 Å². The number of imide groups is 2. The maximum Gasteiger partial charge on any atom is 0.335 e. The summed E-state index contributed by atoms with van der Waals surface area (Å²) in [6.45, 7) is 5.45. The Morgan fingerprint density at radius 2 is 1.80 bits per heavy atom. The molecule has 1 saturated heterocycles. The standard InChI is InChI=1S/C29H25BrClN3O6/c1-4-39-24-13-18(12-21(30)26(24)40-15-25(35)32-23-8-6-5-7-17(23)3)11-20-27(36)33-29(38)34(28(20)37)19-10-9-16(2)22(31)14-19/h5-14H,4,15H2,1-3H3,(H,32,35)(H,33,36,38)/b20-11+. The third-order valence-corrected chi connectivity index (χ3v) is 6.92. The van der Waals surface area contributed by atoms with E-state index in [2.05, 4.69) is 26.6 Å². The van der Waals surface area contributed by atoms with E-state index in [1.165, 1.54) is 12.1 Å². The fourth-order valence-electron chi connectivity index (χ4n) is 3.89. The van der Waals surface area contributed by atoms with Gasteiger partial charge in [0.1, 0.15) is 5.57 Å². The van der Waals surface area contributed by atoms with Crippen LogP contribution in [0.25, 0.3) is 6.08 Å². The number of carbonyl (C=O) groups excluding carboxylic acids is 4. The van der Waals surface area contributed by atoms with Crippen LogP contribution in [0.1, 0.15) is 23.6 Å². The van der Waals surface area contributed by atoms with E-state index in [9.17, 15) is 19.2 Å². The van der Waals surface area contributed by atoms with Crippen molar-refractivity contribution in [1.29, 1.82) is 0 Å². The molecule has 0 spiro atoms. The minimum atomic E-state index is -0.879. The third kappa shape index (κ3) is 6.35. The summed E-state index contributed by atoms with van der Waals surface area (Å²) in [5.41, 5.74) is 2.74. The van der Waals surface area contributed by atoms with Crippen LogP contribution in [0.2, 0.25) is 5.02 Å². The fraction of sp³-hybridized carbons (Fsp3) is 0.172. The van der Waals surface area contributed by atoms with Gasteiger partial charge in [-0.05, 0) is 89.8 Å². The molecule has 0 atom stereocenters. The molecule has 3 aromatic rings. The van der Waals surface area contributed by atoms with Crippen LogP contribution in [0.4, 0.5) is 16.2 Å². The van der Waals surface area contributed by atoms with Crippen LogP contribution in [0.5, 0.6) is 11.5 Å². The number of rotatable bonds is 8. The summed E-state index contributed by atoms with van der Waals surface area (Å²) in [4.78, 5) is 51.8. The van der Waals surface area contributed by atoms with Crippen LogP contribution in [0.15, 0.2) is 64.6 Å². The molecule has 0 aromatic heterocycles. The molecule has 1 heterocycles. The number of aryl methyl sites for hydroxylation is 2. The average molecular weight is 627 g/mol. The van der Waals surface area contributed by atoms with Crippen LogP contribution in [0.3, 0.4) is 0 Å². The molecule has 5 amide bonds. The van der Waals surface area contributed by atoms with Gasteiger partial charge >= 0.3 is 6.03 Å². The molecule has 0 aliphatic carbocycles. The van der Waals surface area contributed by atoms with Gasteiger partial charge in [0.15, 0.2) is 18.1 Å². The number of para-hydroxylation sites is 1. The smallest absolute Gasteiger partial charge is 0.335 e. The highest BCUT2D eigenvalue weighted by atomic mass is 79.9. The second-order valence-corrected chi connectivity index (χ2v) is 10.1. The Kier molecular flexibility index (Phi) is 8.91. The predicted molar refractivity (Wildman–Crippen MR) is 156 cm³/mol. The number of ether oxygens (including phenoxy) is 2. The molecule has 3 aromatic carbocycles. The van der Waals surface area contributed by atoms with Gasteiger partial charge in [-0.15, -0.1) is 0 Å². The SMILES string of the molecule is CCOc1cc(/C=C2\C(=O)NC(=O)N(c3ccc(C)c(Cl)c3)C2=O)cc(Br)c1OCC(=O)Nc1ccccc1C. The third-order valence-electron chi connectivity index (χ3n) is 5.92. The maximum atomic E-state index is 13.3. The molecular weight excluding hydrogens is 602 g/mol. The highest BCUT2D eigenvalue weighted by Crippen LogP contribution is 2.38. The van der Waals surface area contributed by atoms with E-state index in [4.69, 9.17) is 21.1 Å². The zero-order chi connectivity index (χ0) is 29.0. The van der Waals surface area contributed by atoms with E-state index in [0.29, 0.717) is 20.7 Å². The van der Waals surface area contributed by atoms with Crippen molar-refractivity contribution in [2.45, 2.75) is 20.8 Å². The molecule has 2 N–H and O–H groups in total. The minimum Gasteiger partial charge on any atom is -0.490 e. The number of hydrogen-bond donors (Lipinski definition) is 2. The number of benzene rings is 3. The summed E-state index contributed by atoms with van der Waals surface area (Å²) in [6.07, 6.45) is 1.34.